The summed E-state index contributed by atoms with van der Waals surface area (Å²) in [7, 11) is 0. The van der Waals surface area contributed by atoms with Crippen LogP contribution in [0.5, 0.6) is 0 Å². The van der Waals surface area contributed by atoms with Crippen LogP contribution in [0.4, 0.5) is 0 Å². The highest BCUT2D eigenvalue weighted by atomic mass is 32.2. The fourth-order valence-electron chi connectivity index (χ4n) is 1.43. The van der Waals surface area contributed by atoms with Gasteiger partial charge in [-0.2, -0.15) is 16.7 Å². The number of aromatic nitrogens is 2. The topological polar surface area (TPSA) is 51.0 Å². The first-order valence-electron chi connectivity index (χ1n) is 5.88. The van der Waals surface area contributed by atoms with Crippen molar-refractivity contribution in [3.05, 3.63) is 11.7 Å². The maximum absolute atomic E-state index is 5.19. The van der Waals surface area contributed by atoms with E-state index in [9.17, 15) is 0 Å². The predicted octanol–water partition coefficient (Wildman–Crippen LogP) is 2.25. The van der Waals surface area contributed by atoms with Crippen molar-refractivity contribution in [3.63, 3.8) is 0 Å². The average Bonchev–Trinajstić information content (AvgIpc) is 2.72. The molecular weight excluding hydrogens is 222 g/mol. The fourth-order valence-corrected chi connectivity index (χ4v) is 1.94. The quantitative estimate of drug-likeness (QED) is 0.759. The van der Waals surface area contributed by atoms with Gasteiger partial charge in [-0.05, 0) is 25.6 Å². The summed E-state index contributed by atoms with van der Waals surface area (Å²) in [5, 5.41) is 7.31. The second kappa shape index (κ2) is 7.68. The Morgan fingerprint density at radius 2 is 2.25 bits per heavy atom. The minimum atomic E-state index is 0.505. The molecular formula is C11H21N3OS. The van der Waals surface area contributed by atoms with Crippen LogP contribution in [0.1, 0.15) is 38.9 Å². The lowest BCUT2D eigenvalue weighted by Gasteiger charge is -2.09. The molecule has 0 amide bonds. The number of thioether (sulfide) groups is 1. The molecule has 16 heavy (non-hydrogen) atoms. The number of rotatable bonds is 8. The van der Waals surface area contributed by atoms with Crippen molar-refractivity contribution in [2.45, 2.75) is 45.4 Å². The molecule has 1 heterocycles. The summed E-state index contributed by atoms with van der Waals surface area (Å²) < 4.78 is 5.19. The number of aryl methyl sites for hydroxylation is 1. The minimum absolute atomic E-state index is 0.505. The van der Waals surface area contributed by atoms with Gasteiger partial charge in [0.1, 0.15) is 0 Å². The van der Waals surface area contributed by atoms with Crippen LogP contribution in [0.25, 0.3) is 0 Å². The summed E-state index contributed by atoms with van der Waals surface area (Å²) in [5.74, 6) is 3.51. The van der Waals surface area contributed by atoms with Crippen molar-refractivity contribution in [3.8, 4) is 0 Å². The third kappa shape index (κ3) is 4.99. The van der Waals surface area contributed by atoms with Gasteiger partial charge in [-0.25, -0.2) is 0 Å². The molecule has 0 aliphatic heterocycles. The zero-order chi connectivity index (χ0) is 11.8. The molecule has 0 spiro atoms. The van der Waals surface area contributed by atoms with E-state index in [0.29, 0.717) is 6.04 Å². The van der Waals surface area contributed by atoms with Gasteiger partial charge in [0.05, 0.1) is 5.75 Å². The Morgan fingerprint density at radius 3 is 2.94 bits per heavy atom. The Balaban J connectivity index is 2.28. The van der Waals surface area contributed by atoms with E-state index in [2.05, 4.69) is 36.2 Å². The van der Waals surface area contributed by atoms with Gasteiger partial charge in [0.15, 0.2) is 5.82 Å². The zero-order valence-corrected chi connectivity index (χ0v) is 11.1. The van der Waals surface area contributed by atoms with Crippen LogP contribution in [-0.2, 0) is 12.2 Å². The van der Waals surface area contributed by atoms with Crippen LogP contribution in [0.3, 0.4) is 0 Å². The zero-order valence-electron chi connectivity index (χ0n) is 10.3. The second-order valence-electron chi connectivity index (χ2n) is 3.74. The van der Waals surface area contributed by atoms with Crippen LogP contribution in [0.2, 0.25) is 0 Å². The lowest BCUT2D eigenvalue weighted by atomic mass is 10.2. The van der Waals surface area contributed by atoms with Crippen molar-refractivity contribution in [2.75, 3.05) is 12.3 Å². The Morgan fingerprint density at radius 1 is 1.44 bits per heavy atom. The van der Waals surface area contributed by atoms with Crippen molar-refractivity contribution < 1.29 is 4.52 Å². The molecule has 0 radical (unpaired) electrons. The SMILES string of the molecule is CCNC(C)CCc1nc(CSCC)no1. The summed E-state index contributed by atoms with van der Waals surface area (Å²) in [6, 6.07) is 0.505. The molecule has 0 aliphatic rings. The van der Waals surface area contributed by atoms with Crippen molar-refractivity contribution in [1.29, 1.82) is 0 Å². The first-order valence-corrected chi connectivity index (χ1v) is 7.04. The molecule has 1 unspecified atom stereocenters. The van der Waals surface area contributed by atoms with E-state index in [4.69, 9.17) is 4.52 Å². The van der Waals surface area contributed by atoms with E-state index >= 15 is 0 Å². The lowest BCUT2D eigenvalue weighted by Crippen LogP contribution is -2.25. The van der Waals surface area contributed by atoms with E-state index in [1.807, 2.05) is 11.8 Å². The molecule has 1 rings (SSSR count). The van der Waals surface area contributed by atoms with Crippen molar-refractivity contribution in [2.24, 2.45) is 0 Å². The van der Waals surface area contributed by atoms with Gasteiger partial charge in [0, 0.05) is 12.5 Å². The molecule has 1 N–H and O–H groups in total. The third-order valence-corrected chi connectivity index (χ3v) is 3.16. The lowest BCUT2D eigenvalue weighted by molar-refractivity contribution is 0.364. The maximum Gasteiger partial charge on any atom is 0.226 e. The van der Waals surface area contributed by atoms with Crippen molar-refractivity contribution in [1.82, 2.24) is 15.5 Å². The molecule has 0 fully saturated rings. The Kier molecular flexibility index (Phi) is 6.49. The van der Waals surface area contributed by atoms with Gasteiger partial charge in [-0.3, -0.25) is 0 Å². The number of nitrogens with zero attached hydrogens (tertiary/aromatic N) is 2. The molecule has 1 atom stereocenters. The predicted molar refractivity (Wildman–Crippen MR) is 67.6 cm³/mol. The fraction of sp³-hybridized carbons (Fsp3) is 0.818. The third-order valence-electron chi connectivity index (χ3n) is 2.29. The summed E-state index contributed by atoms with van der Waals surface area (Å²) in [6.07, 6.45) is 1.90. The Hall–Kier alpha value is -0.550. The van der Waals surface area contributed by atoms with E-state index in [0.717, 1.165) is 42.6 Å². The van der Waals surface area contributed by atoms with Crippen LogP contribution < -0.4 is 5.32 Å². The van der Waals surface area contributed by atoms with Crippen LogP contribution >= 0.6 is 11.8 Å². The average molecular weight is 243 g/mol. The summed E-state index contributed by atoms with van der Waals surface area (Å²) in [6.45, 7) is 7.42. The normalized spacial score (nSPS) is 12.9. The maximum atomic E-state index is 5.19. The van der Waals surface area contributed by atoms with Gasteiger partial charge in [0.2, 0.25) is 5.89 Å². The molecule has 1 aromatic rings. The molecule has 0 bridgehead atoms. The smallest absolute Gasteiger partial charge is 0.226 e. The summed E-state index contributed by atoms with van der Waals surface area (Å²) in [5.41, 5.74) is 0. The van der Waals surface area contributed by atoms with Crippen molar-refractivity contribution >= 4 is 11.8 Å². The molecule has 1 aromatic heterocycles. The monoisotopic (exact) mass is 243 g/mol. The number of nitrogens with one attached hydrogen (secondary N) is 1. The Bertz CT molecular complexity index is 291. The van der Waals surface area contributed by atoms with Gasteiger partial charge < -0.3 is 9.84 Å². The van der Waals surface area contributed by atoms with E-state index < -0.39 is 0 Å². The van der Waals surface area contributed by atoms with Gasteiger partial charge in [-0.1, -0.05) is 19.0 Å². The Labute approximate surface area is 102 Å². The number of hydrogen-bond donors (Lipinski definition) is 1. The van der Waals surface area contributed by atoms with Gasteiger partial charge in [-0.15, -0.1) is 0 Å². The summed E-state index contributed by atoms with van der Waals surface area (Å²) in [4.78, 5) is 4.35. The molecule has 5 heteroatoms. The first kappa shape index (κ1) is 13.5. The van der Waals surface area contributed by atoms with Crippen LogP contribution in [-0.4, -0.2) is 28.5 Å². The number of hydrogen-bond acceptors (Lipinski definition) is 5. The van der Waals surface area contributed by atoms with E-state index in [1.165, 1.54) is 0 Å². The second-order valence-corrected chi connectivity index (χ2v) is 5.01. The van der Waals surface area contributed by atoms with E-state index in [-0.39, 0.29) is 0 Å². The van der Waals surface area contributed by atoms with Crippen LogP contribution in [0.15, 0.2) is 4.52 Å². The molecule has 0 saturated carbocycles. The molecule has 0 aromatic carbocycles. The first-order chi connectivity index (χ1) is 7.76. The van der Waals surface area contributed by atoms with Crippen LogP contribution in [0, 0.1) is 0 Å². The minimum Gasteiger partial charge on any atom is -0.339 e. The summed E-state index contributed by atoms with van der Waals surface area (Å²) >= 11 is 1.81. The highest BCUT2D eigenvalue weighted by Gasteiger charge is 2.07. The molecule has 4 nitrogen and oxygen atoms in total. The highest BCUT2D eigenvalue weighted by Crippen LogP contribution is 2.09. The standard InChI is InChI=1S/C11H21N3OS/c1-4-12-9(3)6-7-11-13-10(14-15-11)8-16-5-2/h9,12H,4-8H2,1-3H3. The van der Waals surface area contributed by atoms with Gasteiger partial charge in [0.25, 0.3) is 0 Å². The van der Waals surface area contributed by atoms with E-state index in [1.54, 1.807) is 0 Å². The highest BCUT2D eigenvalue weighted by molar-refractivity contribution is 7.98. The molecule has 92 valence electrons. The van der Waals surface area contributed by atoms with Gasteiger partial charge >= 0.3 is 0 Å². The molecule has 0 aliphatic carbocycles. The molecule has 0 saturated heterocycles. The largest absolute Gasteiger partial charge is 0.339 e.